The van der Waals surface area contributed by atoms with Crippen molar-refractivity contribution in [3.63, 3.8) is 0 Å². The maximum Gasteiger partial charge on any atom is 0.250 e. The van der Waals surface area contributed by atoms with E-state index in [1.807, 2.05) is 16.9 Å². The van der Waals surface area contributed by atoms with Crippen LogP contribution in [-0.2, 0) is 10.3 Å². The van der Waals surface area contributed by atoms with Gasteiger partial charge in [0.2, 0.25) is 0 Å². The third-order valence-electron chi connectivity index (χ3n) is 6.21. The van der Waals surface area contributed by atoms with Crippen molar-refractivity contribution in [1.29, 1.82) is 0 Å². The molecule has 0 radical (unpaired) electrons. The van der Waals surface area contributed by atoms with Crippen LogP contribution in [0.15, 0.2) is 18.5 Å². The maximum atomic E-state index is 13.4. The summed E-state index contributed by atoms with van der Waals surface area (Å²) in [5.74, 6) is 0.277. The molecule has 1 saturated carbocycles. The minimum absolute atomic E-state index is 0.277. The summed E-state index contributed by atoms with van der Waals surface area (Å²) >= 11 is 0. The van der Waals surface area contributed by atoms with E-state index in [1.165, 1.54) is 25.7 Å². The zero-order valence-electron chi connectivity index (χ0n) is 14.5. The highest BCUT2D eigenvalue weighted by Gasteiger charge is 2.45. The molecule has 132 valence electrons. The van der Waals surface area contributed by atoms with Gasteiger partial charge in [0.1, 0.15) is 5.54 Å². The van der Waals surface area contributed by atoms with Gasteiger partial charge < -0.3 is 10.2 Å². The number of nitrogens with one attached hydrogen (secondary N) is 1. The van der Waals surface area contributed by atoms with E-state index in [9.17, 15) is 4.79 Å². The van der Waals surface area contributed by atoms with Gasteiger partial charge in [0.25, 0.3) is 5.91 Å². The number of carbonyl (C=O) groups is 1. The number of amides is 1. The molecule has 3 fully saturated rings. The smallest absolute Gasteiger partial charge is 0.250 e. The summed E-state index contributed by atoms with van der Waals surface area (Å²) < 4.78 is 1.92. The highest BCUT2D eigenvalue weighted by atomic mass is 16.2. The Kier molecular flexibility index (Phi) is 4.59. The largest absolute Gasteiger partial charge is 0.338 e. The van der Waals surface area contributed by atoms with Crippen molar-refractivity contribution in [2.45, 2.75) is 50.1 Å². The van der Waals surface area contributed by atoms with Crippen LogP contribution in [0.2, 0.25) is 0 Å². The molecule has 1 aromatic rings. The molecular formula is C18H29N5O. The van der Waals surface area contributed by atoms with Gasteiger partial charge in [-0.05, 0) is 44.8 Å². The van der Waals surface area contributed by atoms with Crippen LogP contribution in [0.25, 0.3) is 0 Å². The van der Waals surface area contributed by atoms with E-state index in [2.05, 4.69) is 20.2 Å². The first-order valence-corrected chi connectivity index (χ1v) is 9.54. The number of piperidine rings is 1. The second-order valence-electron chi connectivity index (χ2n) is 7.50. The molecule has 0 unspecified atom stereocenters. The highest BCUT2D eigenvalue weighted by Crippen LogP contribution is 2.31. The average Bonchev–Trinajstić information content (AvgIpc) is 3.35. The molecule has 3 heterocycles. The topological polar surface area (TPSA) is 53.4 Å². The number of aromatic nitrogens is 2. The fraction of sp³-hybridized carbons (Fsp3) is 0.778. The van der Waals surface area contributed by atoms with E-state index in [0.29, 0.717) is 0 Å². The van der Waals surface area contributed by atoms with E-state index in [1.54, 1.807) is 6.20 Å². The summed E-state index contributed by atoms with van der Waals surface area (Å²) in [5.41, 5.74) is -0.482. The van der Waals surface area contributed by atoms with Gasteiger partial charge >= 0.3 is 0 Å². The van der Waals surface area contributed by atoms with Crippen molar-refractivity contribution in [3.05, 3.63) is 18.5 Å². The van der Waals surface area contributed by atoms with Crippen LogP contribution in [0, 0.1) is 0 Å². The SMILES string of the molecule is O=C(N1CCN(C2CCCC2)CC1)C1(n2cccn2)CCNCC1. The van der Waals surface area contributed by atoms with Gasteiger partial charge in [-0.15, -0.1) is 0 Å². The van der Waals surface area contributed by atoms with Crippen LogP contribution in [-0.4, -0.2) is 70.8 Å². The summed E-state index contributed by atoms with van der Waals surface area (Å²) in [6, 6.07) is 2.69. The third kappa shape index (κ3) is 2.86. The summed E-state index contributed by atoms with van der Waals surface area (Å²) in [6.45, 7) is 5.56. The summed E-state index contributed by atoms with van der Waals surface area (Å²) in [6.07, 6.45) is 10.8. The lowest BCUT2D eigenvalue weighted by molar-refractivity contribution is -0.145. The van der Waals surface area contributed by atoms with E-state index < -0.39 is 5.54 Å². The van der Waals surface area contributed by atoms with E-state index in [4.69, 9.17) is 0 Å². The average molecular weight is 331 g/mol. The standard InChI is InChI=1S/C18H29N5O/c24-17(18(6-9-19-10-7-18)23-11-3-8-20-23)22-14-12-21(13-15-22)16-4-1-2-5-16/h3,8,11,16,19H,1-2,4-7,9-10,12-15H2. The normalized spacial score (nSPS) is 25.9. The minimum atomic E-state index is -0.482. The Morgan fingerprint density at radius 1 is 1.08 bits per heavy atom. The molecule has 1 amide bonds. The molecule has 0 atom stereocenters. The van der Waals surface area contributed by atoms with Crippen LogP contribution >= 0.6 is 0 Å². The van der Waals surface area contributed by atoms with Crippen molar-refractivity contribution in [2.24, 2.45) is 0 Å². The number of carbonyl (C=O) groups excluding carboxylic acids is 1. The van der Waals surface area contributed by atoms with Crippen LogP contribution in [0.3, 0.4) is 0 Å². The third-order valence-corrected chi connectivity index (χ3v) is 6.21. The molecule has 1 aliphatic carbocycles. The van der Waals surface area contributed by atoms with Crippen molar-refractivity contribution < 1.29 is 4.79 Å². The van der Waals surface area contributed by atoms with Gasteiger partial charge in [-0.2, -0.15) is 5.10 Å². The molecule has 1 N–H and O–H groups in total. The molecule has 0 bridgehead atoms. The molecule has 6 heteroatoms. The zero-order chi connectivity index (χ0) is 16.4. The number of hydrogen-bond donors (Lipinski definition) is 1. The molecule has 24 heavy (non-hydrogen) atoms. The fourth-order valence-corrected chi connectivity index (χ4v) is 4.76. The van der Waals surface area contributed by atoms with Gasteiger partial charge in [0.05, 0.1) is 0 Å². The van der Waals surface area contributed by atoms with Crippen molar-refractivity contribution in [1.82, 2.24) is 24.9 Å². The molecular weight excluding hydrogens is 302 g/mol. The Morgan fingerprint density at radius 3 is 2.42 bits per heavy atom. The van der Waals surface area contributed by atoms with Gasteiger partial charge in [0, 0.05) is 44.6 Å². The highest BCUT2D eigenvalue weighted by molar-refractivity contribution is 5.84. The van der Waals surface area contributed by atoms with Crippen LogP contribution in [0.5, 0.6) is 0 Å². The number of piperazine rings is 1. The Balaban J connectivity index is 1.46. The molecule has 2 saturated heterocycles. The van der Waals surface area contributed by atoms with E-state index in [-0.39, 0.29) is 5.91 Å². The fourth-order valence-electron chi connectivity index (χ4n) is 4.76. The Bertz CT molecular complexity index is 538. The molecule has 2 aliphatic heterocycles. The van der Waals surface area contributed by atoms with Gasteiger partial charge in [0.15, 0.2) is 0 Å². The Morgan fingerprint density at radius 2 is 1.79 bits per heavy atom. The lowest BCUT2D eigenvalue weighted by Crippen LogP contribution is -2.60. The first-order valence-electron chi connectivity index (χ1n) is 9.54. The molecule has 3 aliphatic rings. The van der Waals surface area contributed by atoms with Crippen molar-refractivity contribution in [3.8, 4) is 0 Å². The van der Waals surface area contributed by atoms with Crippen molar-refractivity contribution in [2.75, 3.05) is 39.3 Å². The molecule has 0 spiro atoms. The summed E-state index contributed by atoms with van der Waals surface area (Å²) in [7, 11) is 0. The summed E-state index contributed by atoms with van der Waals surface area (Å²) in [4.78, 5) is 18.1. The first kappa shape index (κ1) is 16.1. The predicted molar refractivity (Wildman–Crippen MR) is 92.7 cm³/mol. The zero-order valence-corrected chi connectivity index (χ0v) is 14.5. The van der Waals surface area contributed by atoms with Crippen LogP contribution in [0.1, 0.15) is 38.5 Å². The molecule has 1 aromatic heterocycles. The van der Waals surface area contributed by atoms with Gasteiger partial charge in [-0.1, -0.05) is 12.8 Å². The first-order chi connectivity index (χ1) is 11.8. The second-order valence-corrected chi connectivity index (χ2v) is 7.50. The monoisotopic (exact) mass is 331 g/mol. The maximum absolute atomic E-state index is 13.4. The molecule has 4 rings (SSSR count). The summed E-state index contributed by atoms with van der Waals surface area (Å²) in [5, 5.41) is 7.82. The predicted octanol–water partition coefficient (Wildman–Crippen LogP) is 1.05. The quantitative estimate of drug-likeness (QED) is 0.899. The number of hydrogen-bond acceptors (Lipinski definition) is 4. The van der Waals surface area contributed by atoms with Gasteiger partial charge in [-0.3, -0.25) is 14.4 Å². The van der Waals surface area contributed by atoms with E-state index in [0.717, 1.165) is 58.2 Å². The van der Waals surface area contributed by atoms with Crippen molar-refractivity contribution >= 4 is 5.91 Å². The van der Waals surface area contributed by atoms with Gasteiger partial charge in [-0.25, -0.2) is 0 Å². The number of rotatable bonds is 3. The van der Waals surface area contributed by atoms with Crippen LogP contribution < -0.4 is 5.32 Å². The Hall–Kier alpha value is -1.40. The number of nitrogens with zero attached hydrogens (tertiary/aromatic N) is 4. The Labute approximate surface area is 144 Å². The van der Waals surface area contributed by atoms with E-state index >= 15 is 0 Å². The second kappa shape index (κ2) is 6.84. The van der Waals surface area contributed by atoms with Crippen LogP contribution in [0.4, 0.5) is 0 Å². The lowest BCUT2D eigenvalue weighted by Gasteiger charge is -2.44. The lowest BCUT2D eigenvalue weighted by atomic mass is 9.86. The molecule has 0 aromatic carbocycles. The minimum Gasteiger partial charge on any atom is -0.338 e. The molecule has 6 nitrogen and oxygen atoms in total.